The van der Waals surface area contributed by atoms with Gasteiger partial charge >= 0.3 is 0 Å². The van der Waals surface area contributed by atoms with Crippen molar-refractivity contribution < 1.29 is 9.53 Å². The van der Waals surface area contributed by atoms with Crippen molar-refractivity contribution in [2.45, 2.75) is 19.4 Å². The molecule has 0 spiro atoms. The SMILES string of the molecule is O=C(Nc1cc(Cl)ccc1Oc1ccccc1)C1CCCN(Cc2ccc(Cl)cc2)C1. The predicted molar refractivity (Wildman–Crippen MR) is 126 cm³/mol. The molecule has 6 heteroatoms. The van der Waals surface area contributed by atoms with Gasteiger partial charge in [0.25, 0.3) is 0 Å². The lowest BCUT2D eigenvalue weighted by Gasteiger charge is -2.32. The summed E-state index contributed by atoms with van der Waals surface area (Å²) < 4.78 is 5.97. The number of likely N-dealkylation sites (tertiary alicyclic amines) is 1. The fraction of sp³-hybridized carbons (Fsp3) is 0.240. The monoisotopic (exact) mass is 454 g/mol. The molecule has 1 aliphatic heterocycles. The molecule has 1 N–H and O–H groups in total. The lowest BCUT2D eigenvalue weighted by atomic mass is 9.96. The summed E-state index contributed by atoms with van der Waals surface area (Å²) in [5.74, 6) is 1.16. The highest BCUT2D eigenvalue weighted by Gasteiger charge is 2.26. The minimum absolute atomic E-state index is 0.0130. The standard InChI is InChI=1S/C25H24Cl2N2O2/c26-20-10-8-18(9-11-20)16-29-14-4-5-19(17-29)25(30)28-23-15-21(27)12-13-24(23)31-22-6-2-1-3-7-22/h1-3,6-13,15,19H,4-5,14,16-17H2,(H,28,30). The highest BCUT2D eigenvalue weighted by molar-refractivity contribution is 6.31. The Morgan fingerprint density at radius 1 is 1.00 bits per heavy atom. The molecule has 1 atom stereocenters. The van der Waals surface area contributed by atoms with Gasteiger partial charge in [-0.25, -0.2) is 0 Å². The van der Waals surface area contributed by atoms with Crippen LogP contribution in [0.1, 0.15) is 18.4 Å². The summed E-state index contributed by atoms with van der Waals surface area (Å²) in [6.07, 6.45) is 1.84. The molecule has 3 aromatic carbocycles. The van der Waals surface area contributed by atoms with Gasteiger partial charge in [0.1, 0.15) is 5.75 Å². The maximum atomic E-state index is 13.1. The van der Waals surface area contributed by atoms with Crippen molar-refractivity contribution in [3.63, 3.8) is 0 Å². The first-order valence-corrected chi connectivity index (χ1v) is 11.1. The number of benzene rings is 3. The number of amides is 1. The maximum Gasteiger partial charge on any atom is 0.228 e. The molecule has 1 saturated heterocycles. The first-order chi connectivity index (χ1) is 15.1. The summed E-state index contributed by atoms with van der Waals surface area (Å²) in [7, 11) is 0. The van der Waals surface area contributed by atoms with Crippen LogP contribution in [0.4, 0.5) is 5.69 Å². The summed E-state index contributed by atoms with van der Waals surface area (Å²) in [6, 6.07) is 22.6. The second-order valence-corrected chi connectivity index (χ2v) is 8.62. The van der Waals surface area contributed by atoms with Crippen LogP contribution in [0.2, 0.25) is 10.0 Å². The average molecular weight is 455 g/mol. The number of hydrogen-bond acceptors (Lipinski definition) is 3. The number of nitrogens with one attached hydrogen (secondary N) is 1. The summed E-state index contributed by atoms with van der Waals surface area (Å²) in [4.78, 5) is 15.4. The first kappa shape index (κ1) is 21.7. The number of anilines is 1. The Labute approximate surface area is 192 Å². The predicted octanol–water partition coefficient (Wildman–Crippen LogP) is 6.64. The number of halogens is 2. The number of hydrogen-bond donors (Lipinski definition) is 1. The van der Waals surface area contributed by atoms with Gasteiger partial charge in [0.15, 0.2) is 5.75 Å². The van der Waals surface area contributed by atoms with E-state index in [9.17, 15) is 4.79 Å². The minimum atomic E-state index is -0.0930. The molecule has 1 unspecified atom stereocenters. The summed E-state index contributed by atoms with van der Waals surface area (Å²) in [5, 5.41) is 4.32. The Balaban J connectivity index is 1.42. The number of carbonyl (C=O) groups is 1. The molecule has 1 heterocycles. The van der Waals surface area contributed by atoms with Crippen LogP contribution in [0.25, 0.3) is 0 Å². The molecule has 0 aromatic heterocycles. The van der Waals surface area contributed by atoms with Crippen molar-refractivity contribution in [1.29, 1.82) is 0 Å². The van der Waals surface area contributed by atoms with E-state index in [0.717, 1.165) is 31.0 Å². The van der Waals surface area contributed by atoms with E-state index < -0.39 is 0 Å². The van der Waals surface area contributed by atoms with Crippen molar-refractivity contribution in [1.82, 2.24) is 4.90 Å². The number of rotatable bonds is 6. The maximum absolute atomic E-state index is 13.1. The number of carbonyl (C=O) groups excluding carboxylic acids is 1. The fourth-order valence-corrected chi connectivity index (χ4v) is 4.10. The summed E-state index contributed by atoms with van der Waals surface area (Å²) in [5.41, 5.74) is 1.77. The van der Waals surface area contributed by atoms with E-state index in [0.29, 0.717) is 28.8 Å². The van der Waals surface area contributed by atoms with Gasteiger partial charge < -0.3 is 10.1 Å². The van der Waals surface area contributed by atoms with Crippen LogP contribution in [0.3, 0.4) is 0 Å². The third-order valence-corrected chi connectivity index (χ3v) is 5.85. The molecule has 0 saturated carbocycles. The molecule has 31 heavy (non-hydrogen) atoms. The van der Waals surface area contributed by atoms with Gasteiger partial charge in [-0.2, -0.15) is 0 Å². The molecule has 160 valence electrons. The summed E-state index contributed by atoms with van der Waals surface area (Å²) >= 11 is 12.2. The van der Waals surface area contributed by atoms with E-state index in [4.69, 9.17) is 27.9 Å². The van der Waals surface area contributed by atoms with E-state index in [-0.39, 0.29) is 11.8 Å². The molecule has 3 aromatic rings. The van der Waals surface area contributed by atoms with Crippen LogP contribution < -0.4 is 10.1 Å². The Kier molecular flexibility index (Phi) is 7.13. The average Bonchev–Trinajstić information content (AvgIpc) is 2.78. The van der Waals surface area contributed by atoms with Crippen LogP contribution in [0.5, 0.6) is 11.5 Å². The van der Waals surface area contributed by atoms with Gasteiger partial charge in [0.05, 0.1) is 11.6 Å². The molecule has 1 aliphatic rings. The number of piperidine rings is 1. The highest BCUT2D eigenvalue weighted by atomic mass is 35.5. The number of nitrogens with zero attached hydrogens (tertiary/aromatic N) is 1. The Morgan fingerprint density at radius 2 is 1.74 bits per heavy atom. The van der Waals surface area contributed by atoms with Crippen LogP contribution in [0.15, 0.2) is 72.8 Å². The molecule has 1 fully saturated rings. The largest absolute Gasteiger partial charge is 0.455 e. The highest BCUT2D eigenvalue weighted by Crippen LogP contribution is 2.33. The second kappa shape index (κ2) is 10.2. The summed E-state index contributed by atoms with van der Waals surface area (Å²) in [6.45, 7) is 2.50. The van der Waals surface area contributed by atoms with E-state index in [2.05, 4.69) is 10.2 Å². The molecule has 0 bridgehead atoms. The Bertz CT molecular complexity index is 1030. The minimum Gasteiger partial charge on any atom is -0.455 e. The van der Waals surface area contributed by atoms with Crippen LogP contribution >= 0.6 is 23.2 Å². The Hall–Kier alpha value is -2.53. The van der Waals surface area contributed by atoms with Crippen LogP contribution in [-0.4, -0.2) is 23.9 Å². The van der Waals surface area contributed by atoms with Gasteiger partial charge in [0.2, 0.25) is 5.91 Å². The molecule has 0 aliphatic carbocycles. The van der Waals surface area contributed by atoms with Gasteiger partial charge in [-0.05, 0) is 67.4 Å². The van der Waals surface area contributed by atoms with E-state index in [1.807, 2.05) is 54.6 Å². The number of para-hydroxylation sites is 1. The zero-order valence-corrected chi connectivity index (χ0v) is 18.6. The smallest absolute Gasteiger partial charge is 0.228 e. The third-order valence-electron chi connectivity index (χ3n) is 5.37. The van der Waals surface area contributed by atoms with Crippen LogP contribution in [0, 0.1) is 5.92 Å². The van der Waals surface area contributed by atoms with E-state index >= 15 is 0 Å². The quantitative estimate of drug-likeness (QED) is 0.453. The van der Waals surface area contributed by atoms with Crippen molar-refractivity contribution in [3.8, 4) is 11.5 Å². The van der Waals surface area contributed by atoms with E-state index in [1.54, 1.807) is 18.2 Å². The Morgan fingerprint density at radius 3 is 2.52 bits per heavy atom. The van der Waals surface area contributed by atoms with Crippen LogP contribution in [-0.2, 0) is 11.3 Å². The first-order valence-electron chi connectivity index (χ1n) is 10.4. The van der Waals surface area contributed by atoms with Crippen molar-refractivity contribution in [3.05, 3.63) is 88.4 Å². The molecule has 4 rings (SSSR count). The zero-order chi connectivity index (χ0) is 21.6. The lowest BCUT2D eigenvalue weighted by Crippen LogP contribution is -2.40. The van der Waals surface area contributed by atoms with Gasteiger partial charge in [0, 0.05) is 23.1 Å². The molecule has 1 amide bonds. The number of ether oxygens (including phenoxy) is 1. The third kappa shape index (κ3) is 6.01. The van der Waals surface area contributed by atoms with E-state index in [1.165, 1.54) is 5.56 Å². The fourth-order valence-electron chi connectivity index (χ4n) is 3.80. The normalized spacial score (nSPS) is 16.6. The van der Waals surface area contributed by atoms with Crippen molar-refractivity contribution in [2.24, 2.45) is 5.92 Å². The molecule has 4 nitrogen and oxygen atoms in total. The topological polar surface area (TPSA) is 41.6 Å². The van der Waals surface area contributed by atoms with Gasteiger partial charge in [-0.15, -0.1) is 0 Å². The lowest BCUT2D eigenvalue weighted by molar-refractivity contribution is -0.121. The molecular weight excluding hydrogens is 431 g/mol. The molecular formula is C25H24Cl2N2O2. The second-order valence-electron chi connectivity index (χ2n) is 7.75. The van der Waals surface area contributed by atoms with Gasteiger partial charge in [-0.1, -0.05) is 53.5 Å². The van der Waals surface area contributed by atoms with Crippen molar-refractivity contribution >= 4 is 34.8 Å². The molecule has 0 radical (unpaired) electrons. The zero-order valence-electron chi connectivity index (χ0n) is 17.1. The van der Waals surface area contributed by atoms with Crippen molar-refractivity contribution in [2.75, 3.05) is 18.4 Å². The van der Waals surface area contributed by atoms with Gasteiger partial charge in [-0.3, -0.25) is 9.69 Å².